The highest BCUT2D eigenvalue weighted by molar-refractivity contribution is 6.13. The van der Waals surface area contributed by atoms with Gasteiger partial charge in [0.2, 0.25) is 0 Å². The van der Waals surface area contributed by atoms with Gasteiger partial charge in [-0.1, -0.05) is 255 Å². The van der Waals surface area contributed by atoms with Crippen molar-refractivity contribution in [1.82, 2.24) is 4.57 Å². The molecule has 2 nitrogen and oxygen atoms in total. The van der Waals surface area contributed by atoms with E-state index in [2.05, 4.69) is 301 Å². The average Bonchev–Trinajstić information content (AvgIpc) is 4.32. The van der Waals surface area contributed by atoms with E-state index in [0.29, 0.717) is 0 Å². The second kappa shape index (κ2) is 16.4. The summed E-state index contributed by atoms with van der Waals surface area (Å²) >= 11 is 0. The lowest BCUT2D eigenvalue weighted by Gasteiger charge is -2.40. The molecule has 0 fully saturated rings. The molecule has 0 atom stereocenters. The zero-order valence-corrected chi connectivity index (χ0v) is 41.6. The first-order valence-electron chi connectivity index (χ1n) is 26.5. The number of aromatic nitrogens is 1. The van der Waals surface area contributed by atoms with E-state index in [1.165, 1.54) is 111 Å². The summed E-state index contributed by atoms with van der Waals surface area (Å²) in [5, 5.41) is 2.54. The molecule has 354 valence electrons. The van der Waals surface area contributed by atoms with Crippen LogP contribution in [-0.2, 0) is 10.8 Å². The number of rotatable bonds is 7. The summed E-state index contributed by atoms with van der Waals surface area (Å²) in [5.74, 6) is 0. The van der Waals surface area contributed by atoms with Gasteiger partial charge in [-0.25, -0.2) is 0 Å². The fourth-order valence-corrected chi connectivity index (χ4v) is 14.2. The van der Waals surface area contributed by atoms with E-state index in [9.17, 15) is 0 Å². The van der Waals surface area contributed by atoms with Gasteiger partial charge in [0.25, 0.3) is 0 Å². The molecule has 0 unspecified atom stereocenters. The third-order valence-corrected chi connectivity index (χ3v) is 17.1. The minimum Gasteiger partial charge on any atom is -0.309 e. The number of anilines is 3. The summed E-state index contributed by atoms with van der Waals surface area (Å²) in [7, 11) is 0. The predicted molar refractivity (Wildman–Crippen MR) is 315 cm³/mol. The summed E-state index contributed by atoms with van der Waals surface area (Å²) < 4.78 is 2.56. The normalized spacial score (nSPS) is 13.7. The number of hydrogen-bond donors (Lipinski definition) is 0. The van der Waals surface area contributed by atoms with E-state index in [0.717, 1.165) is 22.6 Å². The van der Waals surface area contributed by atoms with Gasteiger partial charge in [0.05, 0.1) is 38.9 Å². The lowest BCUT2D eigenvalue weighted by molar-refractivity contribution is 0.748. The maximum absolute atomic E-state index is 2.60. The van der Waals surface area contributed by atoms with Crippen LogP contribution in [0.2, 0.25) is 0 Å². The van der Waals surface area contributed by atoms with Gasteiger partial charge < -0.3 is 9.47 Å². The molecule has 0 N–H and O–H groups in total. The maximum Gasteiger partial charge on any atom is 0.0755 e. The Morgan fingerprint density at radius 2 is 0.776 bits per heavy atom. The summed E-state index contributed by atoms with van der Waals surface area (Å²) in [6, 6.07) is 109. The van der Waals surface area contributed by atoms with Crippen LogP contribution >= 0.6 is 0 Å². The molecule has 13 aromatic rings. The summed E-state index contributed by atoms with van der Waals surface area (Å²) in [6.45, 7) is 0. The Labute approximate surface area is 442 Å². The molecule has 0 saturated carbocycles. The van der Waals surface area contributed by atoms with Crippen LogP contribution in [0.3, 0.4) is 0 Å². The Balaban J connectivity index is 1.05. The van der Waals surface area contributed by atoms with Gasteiger partial charge in [0, 0.05) is 27.6 Å². The molecule has 2 heteroatoms. The molecule has 1 aliphatic heterocycles. The van der Waals surface area contributed by atoms with Crippen LogP contribution in [0.4, 0.5) is 17.1 Å². The van der Waals surface area contributed by atoms with Gasteiger partial charge in [0.15, 0.2) is 0 Å². The second-order valence-electron chi connectivity index (χ2n) is 20.6. The quantitative estimate of drug-likeness (QED) is 0.155. The molecule has 3 aliphatic rings. The van der Waals surface area contributed by atoms with Crippen LogP contribution in [-0.4, -0.2) is 4.57 Å². The third kappa shape index (κ3) is 5.65. The van der Waals surface area contributed by atoms with Crippen molar-refractivity contribution in [2.75, 3.05) is 4.90 Å². The largest absolute Gasteiger partial charge is 0.309 e. The van der Waals surface area contributed by atoms with Gasteiger partial charge in [-0.3, -0.25) is 0 Å². The van der Waals surface area contributed by atoms with Crippen molar-refractivity contribution < 1.29 is 0 Å². The fraction of sp³-hybridized carbons (Fsp3) is 0.0270. The van der Waals surface area contributed by atoms with E-state index >= 15 is 0 Å². The number of nitrogens with zero attached hydrogens (tertiary/aromatic N) is 2. The number of benzene rings is 12. The molecule has 0 bridgehead atoms. The summed E-state index contributed by atoms with van der Waals surface area (Å²) in [5.41, 5.74) is 25.7. The molecule has 2 heterocycles. The molecule has 76 heavy (non-hydrogen) atoms. The molecule has 12 aromatic carbocycles. The molecule has 1 aromatic heterocycles. The highest BCUT2D eigenvalue weighted by Gasteiger charge is 2.52. The van der Waals surface area contributed by atoms with Crippen molar-refractivity contribution in [3.8, 4) is 50.2 Å². The monoisotopic (exact) mass is 964 g/mol. The minimum absolute atomic E-state index is 0.586. The smallest absolute Gasteiger partial charge is 0.0755 e. The van der Waals surface area contributed by atoms with Crippen molar-refractivity contribution in [2.45, 2.75) is 10.8 Å². The standard InChI is InChI=1S/C74H48N2/c1-4-24-49(25-5-1)53-30-10-11-31-54(53)57-34-15-20-43-67(57)75(70-45-23-41-64-71(70)60-36-14-19-40-63(60)73(64,50-26-6-2-7-27-50)51-28-8-3-9-29-51)52-46-47-69-66(48-52)74(61-38-17-12-32-55(61)56-33-13-18-39-62(56)74)65-42-22-37-59-58-35-16-21-44-68(58)76(69)72(59)65/h1-48H. The topological polar surface area (TPSA) is 8.17 Å². The lowest BCUT2D eigenvalue weighted by atomic mass is 9.65. The second-order valence-corrected chi connectivity index (χ2v) is 20.6. The van der Waals surface area contributed by atoms with Crippen LogP contribution in [0, 0.1) is 0 Å². The van der Waals surface area contributed by atoms with Gasteiger partial charge in [0.1, 0.15) is 0 Å². The molecule has 2 aliphatic carbocycles. The van der Waals surface area contributed by atoms with Gasteiger partial charge in [-0.2, -0.15) is 0 Å². The van der Waals surface area contributed by atoms with Gasteiger partial charge >= 0.3 is 0 Å². The van der Waals surface area contributed by atoms with Crippen molar-refractivity contribution in [3.63, 3.8) is 0 Å². The first-order valence-corrected chi connectivity index (χ1v) is 26.5. The third-order valence-electron chi connectivity index (χ3n) is 17.1. The molecule has 0 saturated heterocycles. The van der Waals surface area contributed by atoms with E-state index in [1.807, 2.05) is 0 Å². The Hall–Kier alpha value is -9.76. The van der Waals surface area contributed by atoms with Crippen LogP contribution in [0.25, 0.3) is 72.0 Å². The Morgan fingerprint density at radius 1 is 0.289 bits per heavy atom. The molecule has 1 spiro atoms. The maximum atomic E-state index is 2.60. The van der Waals surface area contributed by atoms with Crippen LogP contribution in [0.1, 0.15) is 44.5 Å². The Bertz CT molecular complexity index is 4380. The molecule has 0 radical (unpaired) electrons. The van der Waals surface area contributed by atoms with Crippen molar-refractivity contribution in [1.29, 1.82) is 0 Å². The number of hydrogen-bond acceptors (Lipinski definition) is 1. The number of fused-ring (bicyclic) bond motifs is 15. The van der Waals surface area contributed by atoms with Crippen LogP contribution in [0.5, 0.6) is 0 Å². The van der Waals surface area contributed by atoms with E-state index in [4.69, 9.17) is 0 Å². The number of para-hydroxylation sites is 3. The highest BCUT2D eigenvalue weighted by atomic mass is 15.2. The van der Waals surface area contributed by atoms with Gasteiger partial charge in [-0.05, 0) is 114 Å². The highest BCUT2D eigenvalue weighted by Crippen LogP contribution is 2.64. The molecule has 0 amide bonds. The average molecular weight is 965 g/mol. The fourth-order valence-electron chi connectivity index (χ4n) is 14.2. The summed E-state index contributed by atoms with van der Waals surface area (Å²) in [6.07, 6.45) is 0. The van der Waals surface area contributed by atoms with Crippen molar-refractivity contribution >= 4 is 38.9 Å². The van der Waals surface area contributed by atoms with Crippen LogP contribution in [0.15, 0.2) is 291 Å². The SMILES string of the molecule is c1ccc(-c2ccccc2-c2ccccc2N(c2ccc3c(c2)C2(c4ccccc4-c4ccccc42)c2cccc4c5ccccc5n-3c24)c2cccc3c2-c2ccccc2C3(c2ccccc2)c2ccccc2)cc1. The minimum atomic E-state index is -0.630. The van der Waals surface area contributed by atoms with Crippen molar-refractivity contribution in [2.24, 2.45) is 0 Å². The molecule has 16 rings (SSSR count). The summed E-state index contributed by atoms with van der Waals surface area (Å²) in [4.78, 5) is 2.60. The van der Waals surface area contributed by atoms with E-state index < -0.39 is 10.8 Å². The molecular weight excluding hydrogens is 917 g/mol. The predicted octanol–water partition coefficient (Wildman–Crippen LogP) is 18.6. The van der Waals surface area contributed by atoms with Gasteiger partial charge in [-0.15, -0.1) is 0 Å². The Morgan fingerprint density at radius 3 is 1.47 bits per heavy atom. The first-order chi connectivity index (χ1) is 37.8. The first kappa shape index (κ1) is 42.7. The van der Waals surface area contributed by atoms with E-state index in [1.54, 1.807) is 0 Å². The zero-order valence-electron chi connectivity index (χ0n) is 41.6. The molecular formula is C74H48N2. The van der Waals surface area contributed by atoms with Crippen molar-refractivity contribution in [3.05, 3.63) is 336 Å². The lowest BCUT2D eigenvalue weighted by Crippen LogP contribution is -2.33. The zero-order chi connectivity index (χ0) is 50.0. The van der Waals surface area contributed by atoms with E-state index in [-0.39, 0.29) is 0 Å². The Kier molecular flexibility index (Phi) is 9.20. The van der Waals surface area contributed by atoms with Crippen LogP contribution < -0.4 is 4.90 Å².